The summed E-state index contributed by atoms with van der Waals surface area (Å²) in [5, 5.41) is 4.45. The molecule has 1 aliphatic rings. The summed E-state index contributed by atoms with van der Waals surface area (Å²) in [5.74, 6) is -0.359. The molecule has 27 heavy (non-hydrogen) atoms. The number of rotatable bonds is 3. The van der Waals surface area contributed by atoms with Gasteiger partial charge in [-0.3, -0.25) is 4.79 Å². The molecular formula is C21H21FN4O. The smallest absolute Gasteiger partial charge is 0.274 e. The first-order chi connectivity index (χ1) is 13.1. The number of benzene rings is 2. The molecule has 4 rings (SSSR count). The van der Waals surface area contributed by atoms with Crippen LogP contribution in [0.5, 0.6) is 0 Å². The molecule has 0 radical (unpaired) electrons. The van der Waals surface area contributed by atoms with Crippen molar-refractivity contribution in [2.24, 2.45) is 0 Å². The minimum absolute atomic E-state index is 0.0633. The third kappa shape index (κ3) is 3.56. The van der Waals surface area contributed by atoms with Gasteiger partial charge in [0.05, 0.1) is 5.69 Å². The summed E-state index contributed by atoms with van der Waals surface area (Å²) in [6, 6.07) is 18.1. The predicted octanol–water partition coefficient (Wildman–Crippen LogP) is 3.28. The fourth-order valence-corrected chi connectivity index (χ4v) is 3.39. The first kappa shape index (κ1) is 17.3. The van der Waals surface area contributed by atoms with E-state index in [9.17, 15) is 9.18 Å². The number of piperazine rings is 1. The molecule has 0 spiro atoms. The Morgan fingerprint density at radius 2 is 1.59 bits per heavy atom. The minimum atomic E-state index is -0.295. The van der Waals surface area contributed by atoms with E-state index in [-0.39, 0.29) is 11.7 Å². The van der Waals surface area contributed by atoms with Crippen LogP contribution in [0.25, 0.3) is 5.69 Å². The van der Waals surface area contributed by atoms with Crippen LogP contribution in [0, 0.1) is 12.7 Å². The Morgan fingerprint density at radius 1 is 0.926 bits per heavy atom. The van der Waals surface area contributed by atoms with Gasteiger partial charge in [-0.25, -0.2) is 9.07 Å². The second-order valence-electron chi connectivity index (χ2n) is 6.67. The number of hydrogen-bond donors (Lipinski definition) is 0. The van der Waals surface area contributed by atoms with Crippen LogP contribution in [-0.4, -0.2) is 46.8 Å². The van der Waals surface area contributed by atoms with Crippen LogP contribution in [0.1, 0.15) is 16.2 Å². The van der Waals surface area contributed by atoms with Crippen molar-refractivity contribution in [2.45, 2.75) is 6.92 Å². The highest BCUT2D eigenvalue weighted by Crippen LogP contribution is 2.18. The van der Waals surface area contributed by atoms with Crippen LogP contribution in [0.15, 0.2) is 60.7 Å². The summed E-state index contributed by atoms with van der Waals surface area (Å²) < 4.78 is 14.8. The summed E-state index contributed by atoms with van der Waals surface area (Å²) in [5.41, 5.74) is 3.18. The Bertz CT molecular complexity index is 929. The van der Waals surface area contributed by atoms with Gasteiger partial charge in [-0.15, -0.1) is 0 Å². The number of hydrogen-bond acceptors (Lipinski definition) is 3. The van der Waals surface area contributed by atoms with Crippen LogP contribution in [0.4, 0.5) is 10.1 Å². The fraction of sp³-hybridized carbons (Fsp3) is 0.238. The number of anilines is 1. The Labute approximate surface area is 157 Å². The molecule has 0 aliphatic carbocycles. The SMILES string of the molecule is Cc1cc(C(=O)N2CCN(c3ccccc3)CC2)nn1-c1ccc(F)cc1. The Hall–Kier alpha value is -3.15. The first-order valence-corrected chi connectivity index (χ1v) is 9.04. The standard InChI is InChI=1S/C21H21FN4O/c1-16-15-20(23-26(16)19-9-7-17(22)8-10-19)21(27)25-13-11-24(12-14-25)18-5-3-2-4-6-18/h2-10,15H,11-14H2,1H3. The van der Waals surface area contributed by atoms with E-state index in [1.807, 2.05) is 30.0 Å². The molecule has 5 nitrogen and oxygen atoms in total. The van der Waals surface area contributed by atoms with E-state index < -0.39 is 0 Å². The lowest BCUT2D eigenvalue weighted by molar-refractivity contribution is 0.0740. The van der Waals surface area contributed by atoms with Crippen molar-refractivity contribution in [1.29, 1.82) is 0 Å². The summed E-state index contributed by atoms with van der Waals surface area (Å²) in [6.07, 6.45) is 0. The molecule has 2 heterocycles. The molecule has 1 fully saturated rings. The van der Waals surface area contributed by atoms with Gasteiger partial charge < -0.3 is 9.80 Å². The topological polar surface area (TPSA) is 41.4 Å². The lowest BCUT2D eigenvalue weighted by atomic mass is 10.2. The van der Waals surface area contributed by atoms with Crippen molar-refractivity contribution in [2.75, 3.05) is 31.1 Å². The van der Waals surface area contributed by atoms with E-state index in [0.717, 1.165) is 24.5 Å². The normalized spacial score (nSPS) is 14.4. The number of para-hydroxylation sites is 1. The van der Waals surface area contributed by atoms with E-state index in [2.05, 4.69) is 22.1 Å². The molecule has 1 amide bonds. The zero-order valence-corrected chi connectivity index (χ0v) is 15.2. The maximum absolute atomic E-state index is 13.1. The first-order valence-electron chi connectivity index (χ1n) is 9.04. The molecule has 2 aromatic carbocycles. The Kier molecular flexibility index (Phi) is 4.62. The van der Waals surface area contributed by atoms with Crippen molar-refractivity contribution < 1.29 is 9.18 Å². The van der Waals surface area contributed by atoms with Crippen LogP contribution >= 0.6 is 0 Å². The summed E-state index contributed by atoms with van der Waals surface area (Å²) in [4.78, 5) is 17.0. The molecule has 1 saturated heterocycles. The molecule has 0 saturated carbocycles. The average Bonchev–Trinajstić information content (AvgIpc) is 3.10. The van der Waals surface area contributed by atoms with E-state index in [1.54, 1.807) is 22.9 Å². The highest BCUT2D eigenvalue weighted by atomic mass is 19.1. The molecule has 138 valence electrons. The largest absolute Gasteiger partial charge is 0.368 e. The number of aryl methyl sites for hydroxylation is 1. The van der Waals surface area contributed by atoms with E-state index in [0.29, 0.717) is 18.8 Å². The third-order valence-electron chi connectivity index (χ3n) is 4.87. The molecule has 0 atom stereocenters. The molecule has 6 heteroatoms. The third-order valence-corrected chi connectivity index (χ3v) is 4.87. The predicted molar refractivity (Wildman–Crippen MR) is 103 cm³/mol. The Morgan fingerprint density at radius 3 is 2.26 bits per heavy atom. The lowest BCUT2D eigenvalue weighted by Gasteiger charge is -2.35. The van der Waals surface area contributed by atoms with Gasteiger partial charge in [0.25, 0.3) is 5.91 Å². The lowest BCUT2D eigenvalue weighted by Crippen LogP contribution is -2.48. The van der Waals surface area contributed by atoms with E-state index >= 15 is 0 Å². The summed E-state index contributed by atoms with van der Waals surface area (Å²) in [6.45, 7) is 4.81. The highest BCUT2D eigenvalue weighted by Gasteiger charge is 2.24. The van der Waals surface area contributed by atoms with Crippen molar-refractivity contribution in [1.82, 2.24) is 14.7 Å². The molecule has 3 aromatic rings. The average molecular weight is 364 g/mol. The number of carbonyl (C=O) groups is 1. The maximum Gasteiger partial charge on any atom is 0.274 e. The zero-order valence-electron chi connectivity index (χ0n) is 15.2. The highest BCUT2D eigenvalue weighted by molar-refractivity contribution is 5.92. The van der Waals surface area contributed by atoms with Gasteiger partial charge in [0.1, 0.15) is 5.82 Å². The van der Waals surface area contributed by atoms with E-state index in [1.165, 1.54) is 17.8 Å². The monoisotopic (exact) mass is 364 g/mol. The Balaban J connectivity index is 1.46. The molecule has 0 bridgehead atoms. The quantitative estimate of drug-likeness (QED) is 0.716. The van der Waals surface area contributed by atoms with Crippen LogP contribution in [0.2, 0.25) is 0 Å². The van der Waals surface area contributed by atoms with Gasteiger partial charge in [0, 0.05) is 37.6 Å². The second-order valence-corrected chi connectivity index (χ2v) is 6.67. The molecule has 0 N–H and O–H groups in total. The van der Waals surface area contributed by atoms with Crippen molar-refractivity contribution in [3.8, 4) is 5.69 Å². The number of amides is 1. The molecular weight excluding hydrogens is 343 g/mol. The minimum Gasteiger partial charge on any atom is -0.368 e. The van der Waals surface area contributed by atoms with Gasteiger partial charge >= 0.3 is 0 Å². The summed E-state index contributed by atoms with van der Waals surface area (Å²) >= 11 is 0. The zero-order chi connectivity index (χ0) is 18.8. The molecule has 1 aliphatic heterocycles. The maximum atomic E-state index is 13.1. The van der Waals surface area contributed by atoms with Gasteiger partial charge in [0.15, 0.2) is 5.69 Å². The van der Waals surface area contributed by atoms with Crippen molar-refractivity contribution in [3.05, 3.63) is 77.9 Å². The van der Waals surface area contributed by atoms with Crippen molar-refractivity contribution >= 4 is 11.6 Å². The second kappa shape index (κ2) is 7.23. The number of nitrogens with zero attached hydrogens (tertiary/aromatic N) is 4. The van der Waals surface area contributed by atoms with Gasteiger partial charge in [0.2, 0.25) is 0 Å². The van der Waals surface area contributed by atoms with Crippen LogP contribution in [0.3, 0.4) is 0 Å². The van der Waals surface area contributed by atoms with Gasteiger partial charge in [-0.2, -0.15) is 5.10 Å². The molecule has 1 aromatic heterocycles. The number of halogens is 1. The fourth-order valence-electron chi connectivity index (χ4n) is 3.39. The van der Waals surface area contributed by atoms with Crippen LogP contribution < -0.4 is 4.90 Å². The van der Waals surface area contributed by atoms with Crippen molar-refractivity contribution in [3.63, 3.8) is 0 Å². The van der Waals surface area contributed by atoms with E-state index in [4.69, 9.17) is 0 Å². The number of carbonyl (C=O) groups excluding carboxylic acids is 1. The van der Waals surface area contributed by atoms with Gasteiger partial charge in [-0.1, -0.05) is 18.2 Å². The van der Waals surface area contributed by atoms with Gasteiger partial charge in [-0.05, 0) is 49.4 Å². The number of aromatic nitrogens is 2. The molecule has 0 unspecified atom stereocenters. The van der Waals surface area contributed by atoms with Crippen LogP contribution in [-0.2, 0) is 0 Å². The summed E-state index contributed by atoms with van der Waals surface area (Å²) in [7, 11) is 0.